The zero-order chi connectivity index (χ0) is 17.1. The highest BCUT2D eigenvalue weighted by atomic mass is 16.1. The molecule has 0 aromatic carbocycles. The normalized spacial score (nSPS) is 29.6. The highest BCUT2D eigenvalue weighted by Gasteiger charge is 2.33. The SMILES string of the molecule is O=C(CCN1CCN(c2ccccn2)CC1)NC1CC2CCC(C1)N2. The molecule has 4 heterocycles. The molecular formula is C19H29N5O. The van der Waals surface area contributed by atoms with Crippen LogP contribution in [0.2, 0.25) is 0 Å². The van der Waals surface area contributed by atoms with Crippen molar-refractivity contribution in [2.75, 3.05) is 37.6 Å². The number of hydrogen-bond donors (Lipinski definition) is 2. The number of pyridine rings is 1. The minimum absolute atomic E-state index is 0.221. The predicted octanol–water partition coefficient (Wildman–Crippen LogP) is 0.993. The van der Waals surface area contributed by atoms with Gasteiger partial charge in [0, 0.05) is 63.5 Å². The smallest absolute Gasteiger partial charge is 0.221 e. The third kappa shape index (κ3) is 4.30. The van der Waals surface area contributed by atoms with Gasteiger partial charge in [0.25, 0.3) is 0 Å². The Morgan fingerprint density at radius 3 is 2.60 bits per heavy atom. The lowest BCUT2D eigenvalue weighted by Crippen LogP contribution is -2.49. The van der Waals surface area contributed by atoms with E-state index < -0.39 is 0 Å². The number of carbonyl (C=O) groups excluding carboxylic acids is 1. The van der Waals surface area contributed by atoms with Gasteiger partial charge < -0.3 is 15.5 Å². The van der Waals surface area contributed by atoms with E-state index in [1.807, 2.05) is 18.3 Å². The molecule has 2 bridgehead atoms. The fourth-order valence-corrected chi connectivity index (χ4v) is 4.48. The Hall–Kier alpha value is -1.66. The molecule has 2 N–H and O–H groups in total. The average Bonchev–Trinajstić information content (AvgIpc) is 2.99. The molecule has 3 saturated heterocycles. The van der Waals surface area contributed by atoms with Crippen molar-refractivity contribution in [2.45, 2.75) is 50.2 Å². The molecule has 0 saturated carbocycles. The number of piperazine rings is 1. The van der Waals surface area contributed by atoms with E-state index in [4.69, 9.17) is 0 Å². The van der Waals surface area contributed by atoms with Gasteiger partial charge >= 0.3 is 0 Å². The molecule has 6 heteroatoms. The Bertz CT molecular complexity index is 560. The highest BCUT2D eigenvalue weighted by molar-refractivity contribution is 5.76. The zero-order valence-corrected chi connectivity index (χ0v) is 14.9. The van der Waals surface area contributed by atoms with Crippen LogP contribution in [0, 0.1) is 0 Å². The minimum atomic E-state index is 0.221. The molecule has 136 valence electrons. The van der Waals surface area contributed by atoms with Gasteiger partial charge in [-0.15, -0.1) is 0 Å². The molecule has 0 aliphatic carbocycles. The van der Waals surface area contributed by atoms with E-state index in [1.165, 1.54) is 12.8 Å². The number of nitrogens with zero attached hydrogens (tertiary/aromatic N) is 3. The summed E-state index contributed by atoms with van der Waals surface area (Å²) < 4.78 is 0. The number of carbonyl (C=O) groups is 1. The van der Waals surface area contributed by atoms with E-state index in [2.05, 4.69) is 31.5 Å². The maximum absolute atomic E-state index is 12.3. The Labute approximate surface area is 150 Å². The predicted molar refractivity (Wildman–Crippen MR) is 98.6 cm³/mol. The third-order valence-corrected chi connectivity index (χ3v) is 5.84. The number of anilines is 1. The van der Waals surface area contributed by atoms with Crippen molar-refractivity contribution >= 4 is 11.7 Å². The lowest BCUT2D eigenvalue weighted by atomic mass is 10.00. The summed E-state index contributed by atoms with van der Waals surface area (Å²) in [5, 5.41) is 6.89. The van der Waals surface area contributed by atoms with Crippen LogP contribution >= 0.6 is 0 Å². The van der Waals surface area contributed by atoms with E-state index in [1.54, 1.807) is 0 Å². The topological polar surface area (TPSA) is 60.5 Å². The maximum atomic E-state index is 12.3. The van der Waals surface area contributed by atoms with E-state index in [9.17, 15) is 4.79 Å². The molecule has 2 unspecified atom stereocenters. The van der Waals surface area contributed by atoms with Crippen LogP contribution in [0.15, 0.2) is 24.4 Å². The van der Waals surface area contributed by atoms with Gasteiger partial charge in [-0.3, -0.25) is 9.69 Å². The lowest BCUT2D eigenvalue weighted by Gasteiger charge is -2.35. The maximum Gasteiger partial charge on any atom is 0.221 e. The fraction of sp³-hybridized carbons (Fsp3) is 0.684. The van der Waals surface area contributed by atoms with Crippen molar-refractivity contribution < 1.29 is 4.79 Å². The van der Waals surface area contributed by atoms with E-state index in [0.717, 1.165) is 51.4 Å². The minimum Gasteiger partial charge on any atom is -0.354 e. The molecule has 4 rings (SSSR count). The third-order valence-electron chi connectivity index (χ3n) is 5.84. The number of fused-ring (bicyclic) bond motifs is 2. The molecule has 1 amide bonds. The Kier molecular flexibility index (Phi) is 5.17. The number of hydrogen-bond acceptors (Lipinski definition) is 5. The average molecular weight is 343 g/mol. The first-order chi connectivity index (χ1) is 12.3. The lowest BCUT2D eigenvalue weighted by molar-refractivity contribution is -0.122. The van der Waals surface area contributed by atoms with Crippen LogP contribution in [0.25, 0.3) is 0 Å². The second kappa shape index (κ2) is 7.70. The van der Waals surface area contributed by atoms with Crippen LogP contribution < -0.4 is 15.5 Å². The van der Waals surface area contributed by atoms with Gasteiger partial charge in [0.2, 0.25) is 5.91 Å². The first kappa shape index (κ1) is 16.8. The summed E-state index contributed by atoms with van der Waals surface area (Å²) in [7, 11) is 0. The summed E-state index contributed by atoms with van der Waals surface area (Å²) in [6, 6.07) is 7.69. The molecule has 3 aliphatic rings. The van der Waals surface area contributed by atoms with Gasteiger partial charge in [-0.1, -0.05) is 6.07 Å². The highest BCUT2D eigenvalue weighted by Crippen LogP contribution is 2.26. The number of piperidine rings is 1. The monoisotopic (exact) mass is 343 g/mol. The van der Waals surface area contributed by atoms with Crippen molar-refractivity contribution in [1.82, 2.24) is 20.5 Å². The largest absolute Gasteiger partial charge is 0.354 e. The molecule has 1 aromatic rings. The molecule has 1 aromatic heterocycles. The van der Waals surface area contributed by atoms with Gasteiger partial charge in [-0.2, -0.15) is 0 Å². The van der Waals surface area contributed by atoms with Crippen LogP contribution in [-0.2, 0) is 4.79 Å². The summed E-state index contributed by atoms with van der Waals surface area (Å²) in [5.41, 5.74) is 0. The summed E-state index contributed by atoms with van der Waals surface area (Å²) in [4.78, 5) is 21.4. The van der Waals surface area contributed by atoms with Gasteiger partial charge in [0.15, 0.2) is 0 Å². The van der Waals surface area contributed by atoms with E-state index in [0.29, 0.717) is 24.5 Å². The molecule has 3 fully saturated rings. The second-order valence-corrected chi connectivity index (χ2v) is 7.64. The summed E-state index contributed by atoms with van der Waals surface area (Å²) >= 11 is 0. The second-order valence-electron chi connectivity index (χ2n) is 7.64. The van der Waals surface area contributed by atoms with Gasteiger partial charge in [0.1, 0.15) is 5.82 Å². The summed E-state index contributed by atoms with van der Waals surface area (Å²) in [6.45, 7) is 4.83. The van der Waals surface area contributed by atoms with E-state index >= 15 is 0 Å². The Balaban J connectivity index is 1.16. The van der Waals surface area contributed by atoms with Gasteiger partial charge in [0.05, 0.1) is 0 Å². The van der Waals surface area contributed by atoms with Crippen LogP contribution in [0.1, 0.15) is 32.1 Å². The molecule has 3 aliphatic heterocycles. The van der Waals surface area contributed by atoms with Crippen molar-refractivity contribution in [1.29, 1.82) is 0 Å². The molecule has 0 spiro atoms. The van der Waals surface area contributed by atoms with Gasteiger partial charge in [-0.25, -0.2) is 4.98 Å². The Morgan fingerprint density at radius 2 is 1.92 bits per heavy atom. The molecular weight excluding hydrogens is 314 g/mol. The molecule has 2 atom stereocenters. The number of nitrogens with one attached hydrogen (secondary N) is 2. The van der Waals surface area contributed by atoms with Crippen molar-refractivity contribution in [3.8, 4) is 0 Å². The number of aromatic nitrogens is 1. The molecule has 25 heavy (non-hydrogen) atoms. The van der Waals surface area contributed by atoms with Crippen molar-refractivity contribution in [2.24, 2.45) is 0 Å². The quantitative estimate of drug-likeness (QED) is 0.835. The summed E-state index contributed by atoms with van der Waals surface area (Å²) in [6.07, 6.45) is 7.22. The number of amides is 1. The Morgan fingerprint density at radius 1 is 1.16 bits per heavy atom. The van der Waals surface area contributed by atoms with Crippen LogP contribution in [-0.4, -0.2) is 66.6 Å². The first-order valence-corrected chi connectivity index (χ1v) is 9.70. The van der Waals surface area contributed by atoms with Crippen LogP contribution in [0.5, 0.6) is 0 Å². The van der Waals surface area contributed by atoms with Crippen LogP contribution in [0.4, 0.5) is 5.82 Å². The van der Waals surface area contributed by atoms with E-state index in [-0.39, 0.29) is 5.91 Å². The zero-order valence-electron chi connectivity index (χ0n) is 14.9. The van der Waals surface area contributed by atoms with Crippen molar-refractivity contribution in [3.05, 3.63) is 24.4 Å². The van der Waals surface area contributed by atoms with Gasteiger partial charge in [-0.05, 0) is 37.8 Å². The van der Waals surface area contributed by atoms with Crippen molar-refractivity contribution in [3.63, 3.8) is 0 Å². The van der Waals surface area contributed by atoms with Crippen LogP contribution in [0.3, 0.4) is 0 Å². The first-order valence-electron chi connectivity index (χ1n) is 9.70. The fourth-order valence-electron chi connectivity index (χ4n) is 4.48. The molecule has 0 radical (unpaired) electrons. The standard InChI is InChI=1S/C19H29N5O/c25-19(22-17-13-15-4-5-16(14-17)21-15)6-8-23-9-11-24(12-10-23)18-3-1-2-7-20-18/h1-3,7,15-17,21H,4-6,8-14H2,(H,22,25). The summed E-state index contributed by atoms with van der Waals surface area (Å²) in [5.74, 6) is 1.28. The molecule has 6 nitrogen and oxygen atoms in total. The number of rotatable bonds is 5.